The number of rotatable bonds is 3. The second kappa shape index (κ2) is 5.83. The van der Waals surface area contributed by atoms with Crippen molar-refractivity contribution < 1.29 is 9.53 Å². The van der Waals surface area contributed by atoms with Crippen molar-refractivity contribution >= 4 is 17.7 Å². The summed E-state index contributed by atoms with van der Waals surface area (Å²) >= 11 is 0. The third kappa shape index (κ3) is 3.11. The van der Waals surface area contributed by atoms with E-state index < -0.39 is 6.10 Å². The lowest BCUT2D eigenvalue weighted by Crippen LogP contribution is -2.49. The van der Waals surface area contributed by atoms with E-state index in [9.17, 15) is 4.79 Å². The van der Waals surface area contributed by atoms with Gasteiger partial charge in [0.2, 0.25) is 5.95 Å². The van der Waals surface area contributed by atoms with E-state index in [0.717, 1.165) is 5.82 Å². The summed E-state index contributed by atoms with van der Waals surface area (Å²) in [6, 6.07) is 1.85. The number of aromatic nitrogens is 2. The zero-order valence-corrected chi connectivity index (χ0v) is 11.5. The molecule has 0 radical (unpaired) electrons. The summed E-state index contributed by atoms with van der Waals surface area (Å²) in [6.07, 6.45) is 1.26. The minimum atomic E-state index is -0.467. The maximum atomic E-state index is 11.6. The lowest BCUT2D eigenvalue weighted by molar-refractivity contribution is -0.132. The van der Waals surface area contributed by atoms with E-state index in [1.54, 1.807) is 13.2 Å². The standard InChI is InChI=1S/C12H19N5O2/c1-13-11(18)9-8-17(6-7-19-9)12-14-5-4-10(15-12)16(2)3/h4-5,9H,6-8H2,1-3H3,(H,13,18). The molecule has 0 aliphatic carbocycles. The number of nitrogens with one attached hydrogen (secondary N) is 1. The first-order chi connectivity index (χ1) is 9.11. The maximum Gasteiger partial charge on any atom is 0.250 e. The van der Waals surface area contributed by atoms with E-state index in [1.165, 1.54) is 0 Å². The Morgan fingerprint density at radius 1 is 1.58 bits per heavy atom. The second-order valence-electron chi connectivity index (χ2n) is 4.53. The molecule has 1 unspecified atom stereocenters. The molecule has 1 aliphatic rings. The van der Waals surface area contributed by atoms with Gasteiger partial charge in [0.25, 0.3) is 5.91 Å². The van der Waals surface area contributed by atoms with Crippen LogP contribution < -0.4 is 15.1 Å². The molecule has 19 heavy (non-hydrogen) atoms. The van der Waals surface area contributed by atoms with Crippen molar-refractivity contribution in [3.8, 4) is 0 Å². The van der Waals surface area contributed by atoms with Crippen LogP contribution in [0.5, 0.6) is 0 Å². The molecular formula is C12H19N5O2. The Morgan fingerprint density at radius 2 is 2.37 bits per heavy atom. The van der Waals surface area contributed by atoms with Crippen LogP contribution in [0.25, 0.3) is 0 Å². The van der Waals surface area contributed by atoms with Crippen LogP contribution >= 0.6 is 0 Å². The summed E-state index contributed by atoms with van der Waals surface area (Å²) in [5.74, 6) is 1.35. The van der Waals surface area contributed by atoms with E-state index >= 15 is 0 Å². The van der Waals surface area contributed by atoms with E-state index in [2.05, 4.69) is 15.3 Å². The van der Waals surface area contributed by atoms with Crippen LogP contribution in [0.3, 0.4) is 0 Å². The minimum Gasteiger partial charge on any atom is -0.365 e. The van der Waals surface area contributed by atoms with Crippen molar-refractivity contribution in [1.29, 1.82) is 0 Å². The lowest BCUT2D eigenvalue weighted by Gasteiger charge is -2.32. The molecule has 1 atom stereocenters. The van der Waals surface area contributed by atoms with E-state index in [0.29, 0.717) is 25.6 Å². The third-order valence-electron chi connectivity index (χ3n) is 2.97. The molecule has 1 amide bonds. The summed E-state index contributed by atoms with van der Waals surface area (Å²) < 4.78 is 5.44. The highest BCUT2D eigenvalue weighted by molar-refractivity contribution is 5.81. The van der Waals surface area contributed by atoms with Gasteiger partial charge in [-0.05, 0) is 6.07 Å². The molecule has 7 heteroatoms. The van der Waals surface area contributed by atoms with Gasteiger partial charge in [-0.1, -0.05) is 0 Å². The van der Waals surface area contributed by atoms with Crippen molar-refractivity contribution in [3.63, 3.8) is 0 Å². The first-order valence-corrected chi connectivity index (χ1v) is 6.20. The summed E-state index contributed by atoms with van der Waals surface area (Å²) in [6.45, 7) is 1.65. The first-order valence-electron chi connectivity index (χ1n) is 6.20. The highest BCUT2D eigenvalue weighted by atomic mass is 16.5. The number of carbonyl (C=O) groups excluding carboxylic acids is 1. The number of anilines is 2. The highest BCUT2D eigenvalue weighted by Crippen LogP contribution is 2.16. The molecule has 1 aromatic rings. The average Bonchev–Trinajstić information content (AvgIpc) is 2.46. The molecule has 1 N–H and O–H groups in total. The first kappa shape index (κ1) is 13.5. The number of nitrogens with zero attached hydrogens (tertiary/aromatic N) is 4. The second-order valence-corrected chi connectivity index (χ2v) is 4.53. The Balaban J connectivity index is 2.13. The molecule has 0 spiro atoms. The molecule has 2 rings (SSSR count). The largest absolute Gasteiger partial charge is 0.365 e. The quantitative estimate of drug-likeness (QED) is 0.794. The molecule has 0 bridgehead atoms. The van der Waals surface area contributed by atoms with E-state index in [-0.39, 0.29) is 5.91 Å². The van der Waals surface area contributed by atoms with Gasteiger partial charge in [-0.3, -0.25) is 4.79 Å². The molecular weight excluding hydrogens is 246 g/mol. The lowest BCUT2D eigenvalue weighted by atomic mass is 10.2. The van der Waals surface area contributed by atoms with Crippen molar-refractivity contribution in [2.75, 3.05) is 50.6 Å². The monoisotopic (exact) mass is 265 g/mol. The Morgan fingerprint density at radius 3 is 3.05 bits per heavy atom. The maximum absolute atomic E-state index is 11.6. The molecule has 1 aromatic heterocycles. The van der Waals surface area contributed by atoms with Crippen LogP contribution in [0.4, 0.5) is 11.8 Å². The molecule has 1 aliphatic heterocycles. The predicted molar refractivity (Wildman–Crippen MR) is 72.4 cm³/mol. The van der Waals surface area contributed by atoms with Crippen LogP contribution in [0.1, 0.15) is 0 Å². The number of morpholine rings is 1. The Hall–Kier alpha value is -1.89. The smallest absolute Gasteiger partial charge is 0.250 e. The van der Waals surface area contributed by atoms with E-state index in [4.69, 9.17) is 4.74 Å². The number of carbonyl (C=O) groups is 1. The predicted octanol–water partition coefficient (Wildman–Crippen LogP) is -0.506. The number of likely N-dealkylation sites (N-methyl/N-ethyl adjacent to an activating group) is 1. The topological polar surface area (TPSA) is 70.6 Å². The van der Waals surface area contributed by atoms with Crippen LogP contribution in [0.2, 0.25) is 0 Å². The fourth-order valence-electron chi connectivity index (χ4n) is 1.89. The fourth-order valence-corrected chi connectivity index (χ4v) is 1.89. The van der Waals surface area contributed by atoms with E-state index in [1.807, 2.05) is 30.0 Å². The normalized spacial score (nSPS) is 19.1. The Kier molecular flexibility index (Phi) is 4.16. The van der Waals surface area contributed by atoms with Gasteiger partial charge in [-0.2, -0.15) is 4.98 Å². The Labute approximate surface area is 112 Å². The van der Waals surface area contributed by atoms with Gasteiger partial charge in [0.05, 0.1) is 13.2 Å². The summed E-state index contributed by atoms with van der Waals surface area (Å²) in [5.41, 5.74) is 0. The zero-order chi connectivity index (χ0) is 13.8. The van der Waals surface area contributed by atoms with Gasteiger partial charge in [-0.25, -0.2) is 4.98 Å². The Bertz CT molecular complexity index is 452. The van der Waals surface area contributed by atoms with Crippen molar-refractivity contribution in [2.45, 2.75) is 6.10 Å². The molecule has 1 saturated heterocycles. The van der Waals surface area contributed by atoms with Crippen molar-refractivity contribution in [1.82, 2.24) is 15.3 Å². The van der Waals surface area contributed by atoms with Gasteiger partial charge >= 0.3 is 0 Å². The summed E-state index contributed by atoms with van der Waals surface area (Å²) in [4.78, 5) is 24.2. The molecule has 0 aromatic carbocycles. The SMILES string of the molecule is CNC(=O)C1CN(c2nccc(N(C)C)n2)CCO1. The van der Waals surface area contributed by atoms with Crippen molar-refractivity contribution in [2.24, 2.45) is 0 Å². The molecule has 2 heterocycles. The minimum absolute atomic E-state index is 0.117. The van der Waals surface area contributed by atoms with Gasteiger partial charge in [-0.15, -0.1) is 0 Å². The van der Waals surface area contributed by atoms with Crippen LogP contribution in [-0.2, 0) is 9.53 Å². The average molecular weight is 265 g/mol. The number of hydrogen-bond donors (Lipinski definition) is 1. The zero-order valence-electron chi connectivity index (χ0n) is 11.5. The molecule has 7 nitrogen and oxygen atoms in total. The van der Waals surface area contributed by atoms with Crippen LogP contribution in [0, 0.1) is 0 Å². The summed E-state index contributed by atoms with van der Waals surface area (Å²) in [7, 11) is 5.46. The van der Waals surface area contributed by atoms with Crippen molar-refractivity contribution in [3.05, 3.63) is 12.3 Å². The number of ether oxygens (including phenoxy) is 1. The van der Waals surface area contributed by atoms with Gasteiger partial charge in [0, 0.05) is 33.9 Å². The molecule has 104 valence electrons. The molecule has 1 fully saturated rings. The van der Waals surface area contributed by atoms with Crippen LogP contribution in [-0.4, -0.2) is 62.8 Å². The van der Waals surface area contributed by atoms with Gasteiger partial charge < -0.3 is 19.9 Å². The molecule has 0 saturated carbocycles. The number of hydrogen-bond acceptors (Lipinski definition) is 6. The highest BCUT2D eigenvalue weighted by Gasteiger charge is 2.27. The third-order valence-corrected chi connectivity index (χ3v) is 2.97. The van der Waals surface area contributed by atoms with Gasteiger partial charge in [0.15, 0.2) is 6.10 Å². The summed E-state index contributed by atoms with van der Waals surface area (Å²) in [5, 5.41) is 2.60. The number of amides is 1. The van der Waals surface area contributed by atoms with Gasteiger partial charge in [0.1, 0.15) is 5.82 Å². The van der Waals surface area contributed by atoms with Crippen LogP contribution in [0.15, 0.2) is 12.3 Å². The fraction of sp³-hybridized carbons (Fsp3) is 0.583.